The average molecular weight is 1670 g/mol. The van der Waals surface area contributed by atoms with E-state index >= 15 is 0 Å². The Hall–Kier alpha value is -9.85. The van der Waals surface area contributed by atoms with Crippen molar-refractivity contribution in [3.05, 3.63) is 228 Å². The lowest BCUT2D eigenvalue weighted by Crippen LogP contribution is -2.37. The molecule has 600 valence electrons. The molecular formula is C82H89Cl3N6O19S3. The van der Waals surface area contributed by atoms with E-state index < -0.39 is 47.6 Å². The minimum absolute atomic E-state index is 0.0113. The van der Waals surface area contributed by atoms with Crippen LogP contribution in [0, 0.1) is 20.8 Å². The molecule has 9 aromatic carbocycles. The zero-order chi connectivity index (χ0) is 81.8. The maximum atomic E-state index is 14.3. The maximum absolute atomic E-state index is 14.3. The summed E-state index contributed by atoms with van der Waals surface area (Å²) in [4.78, 5) is 47.8. The Morgan fingerprint density at radius 2 is 0.717 bits per heavy atom. The van der Waals surface area contributed by atoms with Crippen molar-refractivity contribution in [2.24, 2.45) is 0 Å². The van der Waals surface area contributed by atoms with E-state index in [0.717, 1.165) is 87.6 Å². The first kappa shape index (κ1) is 85.6. The Morgan fingerprint density at radius 3 is 1.01 bits per heavy atom. The molecule has 0 aliphatic carbocycles. The number of benzene rings is 9. The molecule has 0 radical (unpaired) electrons. The molecule has 0 aromatic heterocycles. The summed E-state index contributed by atoms with van der Waals surface area (Å²) in [5.74, 6) is 1.14. The smallest absolute Gasteiger partial charge is 0.254 e. The second-order valence-electron chi connectivity index (χ2n) is 27.1. The van der Waals surface area contributed by atoms with Gasteiger partial charge in [0.2, 0.25) is 0 Å². The van der Waals surface area contributed by atoms with Gasteiger partial charge in [0.25, 0.3) is 17.7 Å². The van der Waals surface area contributed by atoms with Crippen molar-refractivity contribution < 1.29 is 88.5 Å². The predicted octanol–water partition coefficient (Wildman–Crippen LogP) is 12.0. The highest BCUT2D eigenvalue weighted by Gasteiger charge is 2.38. The monoisotopic (exact) mass is 1660 g/mol. The number of anilines is 6. The second kappa shape index (κ2) is 37.4. The van der Waals surface area contributed by atoms with Gasteiger partial charge >= 0.3 is 0 Å². The Morgan fingerprint density at radius 1 is 0.407 bits per heavy atom. The average Bonchev–Trinajstić information content (AvgIpc) is 1.74. The number of sulfone groups is 3. The molecule has 0 saturated heterocycles. The number of fused-ring (bicyclic) bond motifs is 3. The fourth-order valence-electron chi connectivity index (χ4n) is 13.3. The van der Waals surface area contributed by atoms with Crippen molar-refractivity contribution >= 4 is 116 Å². The topological polar surface area (TPSA) is 336 Å². The number of nitrogens with zero attached hydrogens (tertiary/aromatic N) is 3. The zero-order valence-electron chi connectivity index (χ0n) is 63.5. The summed E-state index contributed by atoms with van der Waals surface area (Å²) in [6, 6.07) is 41.1. The normalized spacial score (nSPS) is 13.7. The van der Waals surface area contributed by atoms with Crippen molar-refractivity contribution in [1.82, 2.24) is 0 Å². The van der Waals surface area contributed by atoms with E-state index in [2.05, 4.69) is 16.0 Å². The number of methoxy groups -OCH3 is 3. The molecule has 0 bridgehead atoms. The fraction of sp³-hybridized carbons (Fsp3) is 0.305. The number of aliphatic hydroxyl groups excluding tert-OH is 4. The molecular weight excluding hydrogens is 1580 g/mol. The van der Waals surface area contributed by atoms with Crippen LogP contribution in [0.3, 0.4) is 0 Å². The van der Waals surface area contributed by atoms with Crippen LogP contribution in [-0.2, 0) is 69.8 Å². The molecule has 25 nitrogen and oxygen atoms in total. The van der Waals surface area contributed by atoms with Gasteiger partial charge in [0.05, 0.1) is 62.4 Å². The van der Waals surface area contributed by atoms with Gasteiger partial charge in [0.15, 0.2) is 29.5 Å². The molecule has 3 atom stereocenters. The highest BCUT2D eigenvalue weighted by molar-refractivity contribution is 7.91. The first-order valence-corrected chi connectivity index (χ1v) is 42.5. The molecule has 7 N–H and O–H groups in total. The third-order valence-corrected chi connectivity index (χ3v) is 22.9. The lowest BCUT2D eigenvalue weighted by atomic mass is 10.0. The van der Waals surface area contributed by atoms with E-state index in [0.29, 0.717) is 109 Å². The third kappa shape index (κ3) is 21.1. The van der Waals surface area contributed by atoms with Crippen LogP contribution in [0.15, 0.2) is 172 Å². The number of hydrogen-bond acceptors (Lipinski definition) is 22. The van der Waals surface area contributed by atoms with Crippen LogP contribution in [0.25, 0.3) is 0 Å². The molecule has 3 amide bonds. The number of amides is 3. The molecule has 0 fully saturated rings. The Kier molecular flexibility index (Phi) is 28.3. The quantitative estimate of drug-likeness (QED) is 0.0239. The van der Waals surface area contributed by atoms with Crippen LogP contribution >= 0.6 is 34.8 Å². The van der Waals surface area contributed by atoms with Gasteiger partial charge in [-0.3, -0.25) is 14.4 Å². The summed E-state index contributed by atoms with van der Waals surface area (Å²) in [5.41, 5.74) is 11.8. The Bertz CT molecular complexity index is 5170. The van der Waals surface area contributed by atoms with E-state index in [9.17, 15) is 60.1 Å². The lowest BCUT2D eigenvalue weighted by Gasteiger charge is -2.28. The fourth-order valence-corrected chi connectivity index (χ4v) is 15.8. The van der Waals surface area contributed by atoms with Crippen LogP contribution in [-0.4, -0.2) is 163 Å². The van der Waals surface area contributed by atoms with Crippen molar-refractivity contribution in [3.8, 4) is 34.5 Å². The molecule has 113 heavy (non-hydrogen) atoms. The van der Waals surface area contributed by atoms with Gasteiger partial charge in [-0.05, 0) is 170 Å². The molecule has 31 heteroatoms. The van der Waals surface area contributed by atoms with Crippen LogP contribution < -0.4 is 59.1 Å². The van der Waals surface area contributed by atoms with Gasteiger partial charge in [-0.25, -0.2) is 25.3 Å². The van der Waals surface area contributed by atoms with E-state index in [1.807, 2.05) is 69.3 Å². The van der Waals surface area contributed by atoms with Gasteiger partial charge in [-0.1, -0.05) is 83.3 Å². The first-order valence-electron chi connectivity index (χ1n) is 35.7. The maximum Gasteiger partial charge on any atom is 0.254 e. The molecule has 0 spiro atoms. The van der Waals surface area contributed by atoms with Crippen molar-refractivity contribution in [1.29, 1.82) is 0 Å². The van der Waals surface area contributed by atoms with Crippen LogP contribution in [0.2, 0.25) is 15.1 Å². The highest BCUT2D eigenvalue weighted by Crippen LogP contribution is 2.43. The minimum Gasteiger partial charge on any atom is -0.497 e. The summed E-state index contributed by atoms with van der Waals surface area (Å²) in [7, 11) is -6.37. The number of aliphatic hydroxyl groups is 4. The van der Waals surface area contributed by atoms with Gasteiger partial charge in [0.1, 0.15) is 72.4 Å². The molecule has 9 aromatic rings. The van der Waals surface area contributed by atoms with Gasteiger partial charge < -0.3 is 79.5 Å². The number of carbonyl (C=O) groups is 3. The van der Waals surface area contributed by atoms with Crippen LogP contribution in [0.5, 0.6) is 34.5 Å². The highest BCUT2D eigenvalue weighted by atomic mass is 35.5. The van der Waals surface area contributed by atoms with E-state index in [1.54, 1.807) is 87.5 Å². The van der Waals surface area contributed by atoms with Crippen molar-refractivity contribution in [3.63, 3.8) is 0 Å². The molecule has 3 aliphatic rings. The minimum atomic E-state index is -3.58. The first-order chi connectivity index (χ1) is 53.7. The van der Waals surface area contributed by atoms with E-state index in [1.165, 1.54) is 57.7 Å². The molecule has 12 rings (SSSR count). The second-order valence-corrected chi connectivity index (χ2v) is 34.4. The SMILES string of the molecule is COc1cc(NC(C(=O)N2CCc3cc(CO)c(C)cc32)c2ccc(Cl)cc2OCCO)cc(S(C)(=O)=O)c1.COc1cc(NC(C(=O)N2CCc3ccc(C)cc32)c2ccc(Cl)cc2OCCO)cc(S(C)(=O)=O)c1.COc1cc(NC(C(=O)N2CCc3ccc(C)cc32)c2ccc(Cl)cc2OCCO)cc(S(C)(=O)=O)c1. The Balaban J connectivity index is 0.000000180. The lowest BCUT2D eigenvalue weighted by molar-refractivity contribution is -0.120. The number of carbonyl (C=O) groups excluding carboxylic acids is 3. The number of ether oxygens (including phenoxy) is 6. The van der Waals surface area contributed by atoms with Crippen LogP contribution in [0.4, 0.5) is 34.1 Å². The van der Waals surface area contributed by atoms with Gasteiger partial charge in [0, 0.05) is 122 Å². The molecule has 3 heterocycles. The number of nitrogens with one attached hydrogen (secondary N) is 3. The van der Waals surface area contributed by atoms with E-state index in [-0.39, 0.29) is 78.7 Å². The molecule has 3 unspecified atom stereocenters. The van der Waals surface area contributed by atoms with Crippen molar-refractivity contribution in [2.45, 2.75) is 79.5 Å². The number of rotatable bonds is 28. The largest absolute Gasteiger partial charge is 0.497 e. The number of hydrogen-bond donors (Lipinski definition) is 7. The zero-order valence-corrected chi connectivity index (χ0v) is 68.3. The molecule has 3 aliphatic heterocycles. The van der Waals surface area contributed by atoms with Gasteiger partial charge in [-0.2, -0.15) is 0 Å². The molecule has 0 saturated carbocycles. The van der Waals surface area contributed by atoms with Gasteiger partial charge in [-0.15, -0.1) is 0 Å². The van der Waals surface area contributed by atoms with E-state index in [4.69, 9.17) is 63.2 Å². The predicted molar refractivity (Wildman–Crippen MR) is 437 cm³/mol. The number of aryl methyl sites for hydroxylation is 3. The number of halogens is 3. The summed E-state index contributed by atoms with van der Waals surface area (Å²) in [5, 5.41) is 48.5. The summed E-state index contributed by atoms with van der Waals surface area (Å²) >= 11 is 18.7. The summed E-state index contributed by atoms with van der Waals surface area (Å²) in [6.07, 6.45) is 5.38. The van der Waals surface area contributed by atoms with Crippen LogP contribution in [0.1, 0.15) is 73.8 Å². The third-order valence-electron chi connectivity index (χ3n) is 18.9. The summed E-state index contributed by atoms with van der Waals surface area (Å²) < 4.78 is 107. The van der Waals surface area contributed by atoms with Crippen molar-refractivity contribution in [2.75, 3.05) is 130 Å². The summed E-state index contributed by atoms with van der Waals surface area (Å²) in [6.45, 7) is 6.50. The Labute approximate surface area is 672 Å². The standard InChI is InChI=1S/C28H31ClN2O7S.2C27H29ClN2O6S/c1-17-10-25-18(11-19(17)16-33)6-7-31(25)28(34)27(24-5-4-20(29)12-26(24)38-9-8-32)30-21-13-22(37-2)15-23(14-21)39(3,35)36;2*1-17-4-5-18-8-9-30(24(18)12-17)27(32)26(23-7-6-19(28)13-25(23)36-11-10-31)29-20-14-21(35-2)16-22(15-20)37(3,33)34/h4-5,10-15,27,30,32-33H,6-9,16H2,1-3H3;2*4-7,12-16,26,29,31H,8-11H2,1-3H3.